The number of hydrogen-bond donors (Lipinski definition) is 1. The third-order valence-electron chi connectivity index (χ3n) is 5.23. The molecule has 2 aromatic heterocycles. The largest absolute Gasteiger partial charge is 0.322 e. The van der Waals surface area contributed by atoms with Gasteiger partial charge in [0.2, 0.25) is 0 Å². The maximum Gasteiger partial charge on any atom is 0.256 e. The van der Waals surface area contributed by atoms with Crippen molar-refractivity contribution >= 4 is 22.6 Å². The molecule has 0 aliphatic heterocycles. The first-order chi connectivity index (χ1) is 13.8. The molecule has 0 radical (unpaired) electrons. The zero-order valence-electron chi connectivity index (χ0n) is 17.4. The van der Waals surface area contributed by atoms with Crippen molar-refractivity contribution in [1.82, 2.24) is 14.8 Å². The number of amides is 1. The fourth-order valence-corrected chi connectivity index (χ4v) is 3.48. The highest BCUT2D eigenvalue weighted by Crippen LogP contribution is 2.26. The van der Waals surface area contributed by atoms with Crippen LogP contribution in [0.4, 0.5) is 5.69 Å². The highest BCUT2D eigenvalue weighted by molar-refractivity contribution is 6.12. The van der Waals surface area contributed by atoms with Crippen molar-refractivity contribution in [3.05, 3.63) is 82.2 Å². The minimum Gasteiger partial charge on any atom is -0.322 e. The molecule has 2 aromatic carbocycles. The summed E-state index contributed by atoms with van der Waals surface area (Å²) in [6.45, 7) is 9.95. The third kappa shape index (κ3) is 3.51. The van der Waals surface area contributed by atoms with Gasteiger partial charge < -0.3 is 5.32 Å². The number of hydrogen-bond acceptors (Lipinski definition) is 3. The molecular weight excluding hydrogens is 360 g/mol. The molecule has 0 atom stereocenters. The minimum atomic E-state index is -0.157. The molecule has 0 aliphatic rings. The molecule has 0 fully saturated rings. The molecule has 5 nitrogen and oxygen atoms in total. The molecule has 0 bridgehead atoms. The third-order valence-corrected chi connectivity index (χ3v) is 5.23. The van der Waals surface area contributed by atoms with E-state index < -0.39 is 0 Å². The van der Waals surface area contributed by atoms with Gasteiger partial charge in [-0.3, -0.25) is 4.79 Å². The maximum absolute atomic E-state index is 13.1. The lowest BCUT2D eigenvalue weighted by molar-refractivity contribution is 0.102. The zero-order chi connectivity index (χ0) is 20.7. The lowest BCUT2D eigenvalue weighted by atomic mass is 10.1. The van der Waals surface area contributed by atoms with Gasteiger partial charge in [-0.15, -0.1) is 0 Å². The summed E-state index contributed by atoms with van der Waals surface area (Å²) >= 11 is 0. The fraction of sp³-hybridized carbons (Fsp3) is 0.208. The predicted octanol–water partition coefficient (Wildman–Crippen LogP) is 5.21. The molecule has 5 heteroatoms. The Morgan fingerprint density at radius 3 is 2.31 bits per heavy atom. The topological polar surface area (TPSA) is 59.8 Å². The Bertz CT molecular complexity index is 1240. The summed E-state index contributed by atoms with van der Waals surface area (Å²) in [6, 6.07) is 15.9. The van der Waals surface area contributed by atoms with Crippen LogP contribution < -0.4 is 5.32 Å². The summed E-state index contributed by atoms with van der Waals surface area (Å²) in [4.78, 5) is 17.8. The van der Waals surface area contributed by atoms with E-state index in [0.29, 0.717) is 11.2 Å². The highest BCUT2D eigenvalue weighted by atomic mass is 16.1. The van der Waals surface area contributed by atoms with Gasteiger partial charge in [-0.2, -0.15) is 5.10 Å². The van der Waals surface area contributed by atoms with Crippen LogP contribution in [0.1, 0.15) is 38.4 Å². The summed E-state index contributed by atoms with van der Waals surface area (Å²) in [6.07, 6.45) is 0. The van der Waals surface area contributed by atoms with Crippen LogP contribution >= 0.6 is 0 Å². The molecule has 0 saturated heterocycles. The standard InChI is InChI=1S/C24H24N4O/c1-14-6-10-20(11-7-14)28-23-22(18(5)27-28)21(13-17(4)25-23)24(29)26-19-9-8-15(2)16(3)12-19/h6-13H,1-5H3,(H,26,29). The maximum atomic E-state index is 13.1. The van der Waals surface area contributed by atoms with Crippen molar-refractivity contribution in [1.29, 1.82) is 0 Å². The summed E-state index contributed by atoms with van der Waals surface area (Å²) in [5.74, 6) is -0.157. The van der Waals surface area contributed by atoms with Crippen LogP contribution in [0.25, 0.3) is 16.7 Å². The summed E-state index contributed by atoms with van der Waals surface area (Å²) in [5, 5.41) is 8.48. The summed E-state index contributed by atoms with van der Waals surface area (Å²) < 4.78 is 1.81. The van der Waals surface area contributed by atoms with Crippen molar-refractivity contribution in [2.75, 3.05) is 5.32 Å². The van der Waals surface area contributed by atoms with Crippen LogP contribution in [0, 0.1) is 34.6 Å². The Hall–Kier alpha value is -3.47. The lowest BCUT2D eigenvalue weighted by Crippen LogP contribution is -2.13. The smallest absolute Gasteiger partial charge is 0.256 e. The van der Waals surface area contributed by atoms with E-state index >= 15 is 0 Å². The number of anilines is 1. The van der Waals surface area contributed by atoms with E-state index in [1.165, 1.54) is 11.1 Å². The molecule has 4 aromatic rings. The van der Waals surface area contributed by atoms with Crippen LogP contribution in [-0.4, -0.2) is 20.7 Å². The number of carbonyl (C=O) groups is 1. The van der Waals surface area contributed by atoms with E-state index in [0.717, 1.165) is 33.7 Å². The Kier molecular flexibility index (Phi) is 4.66. The molecule has 0 spiro atoms. The lowest BCUT2D eigenvalue weighted by Gasteiger charge is -2.10. The molecule has 4 rings (SSSR count). The Morgan fingerprint density at radius 1 is 0.897 bits per heavy atom. The van der Waals surface area contributed by atoms with E-state index in [9.17, 15) is 4.79 Å². The number of carbonyl (C=O) groups excluding carboxylic acids is 1. The second-order valence-electron chi connectivity index (χ2n) is 7.60. The van der Waals surface area contributed by atoms with Crippen molar-refractivity contribution < 1.29 is 4.79 Å². The van der Waals surface area contributed by atoms with Crippen molar-refractivity contribution in [3.63, 3.8) is 0 Å². The van der Waals surface area contributed by atoms with Crippen molar-refractivity contribution in [3.8, 4) is 5.69 Å². The number of fused-ring (bicyclic) bond motifs is 1. The molecule has 0 aliphatic carbocycles. The Balaban J connectivity index is 1.81. The molecular formula is C24H24N4O. The van der Waals surface area contributed by atoms with Crippen LogP contribution in [0.2, 0.25) is 0 Å². The van der Waals surface area contributed by atoms with Crippen molar-refractivity contribution in [2.45, 2.75) is 34.6 Å². The minimum absolute atomic E-state index is 0.157. The van der Waals surface area contributed by atoms with E-state index in [-0.39, 0.29) is 5.91 Å². The number of aromatic nitrogens is 3. The number of rotatable bonds is 3. The van der Waals surface area contributed by atoms with E-state index in [2.05, 4.69) is 17.3 Å². The van der Waals surface area contributed by atoms with Gasteiger partial charge in [0.05, 0.1) is 22.3 Å². The average Bonchev–Trinajstić information content (AvgIpc) is 3.01. The number of nitrogens with zero attached hydrogens (tertiary/aromatic N) is 3. The zero-order valence-corrected chi connectivity index (χ0v) is 17.4. The number of pyridine rings is 1. The number of nitrogens with one attached hydrogen (secondary N) is 1. The van der Waals surface area contributed by atoms with Gasteiger partial charge in [-0.25, -0.2) is 9.67 Å². The monoisotopic (exact) mass is 384 g/mol. The van der Waals surface area contributed by atoms with Gasteiger partial charge in [-0.05, 0) is 76.1 Å². The van der Waals surface area contributed by atoms with Gasteiger partial charge >= 0.3 is 0 Å². The summed E-state index contributed by atoms with van der Waals surface area (Å²) in [5.41, 5.74) is 8.05. The number of benzene rings is 2. The quantitative estimate of drug-likeness (QED) is 0.527. The van der Waals surface area contributed by atoms with Gasteiger partial charge in [0.25, 0.3) is 5.91 Å². The average molecular weight is 384 g/mol. The first-order valence-electron chi connectivity index (χ1n) is 9.66. The van der Waals surface area contributed by atoms with E-state index in [1.54, 1.807) is 0 Å². The second kappa shape index (κ2) is 7.17. The fourth-order valence-electron chi connectivity index (χ4n) is 3.48. The van der Waals surface area contributed by atoms with E-state index in [1.807, 2.05) is 80.9 Å². The molecule has 2 heterocycles. The molecule has 0 unspecified atom stereocenters. The van der Waals surface area contributed by atoms with Crippen LogP contribution in [-0.2, 0) is 0 Å². The molecule has 1 amide bonds. The molecule has 1 N–H and O–H groups in total. The van der Waals surface area contributed by atoms with Gasteiger partial charge in [0, 0.05) is 11.4 Å². The van der Waals surface area contributed by atoms with Gasteiger partial charge in [0.1, 0.15) is 0 Å². The Labute approximate surface area is 170 Å². The molecule has 29 heavy (non-hydrogen) atoms. The predicted molar refractivity (Wildman–Crippen MR) is 117 cm³/mol. The first kappa shape index (κ1) is 18.9. The van der Waals surface area contributed by atoms with E-state index in [4.69, 9.17) is 4.98 Å². The highest BCUT2D eigenvalue weighted by Gasteiger charge is 2.19. The normalized spacial score (nSPS) is 11.1. The molecule has 0 saturated carbocycles. The van der Waals surface area contributed by atoms with Crippen LogP contribution in [0.5, 0.6) is 0 Å². The van der Waals surface area contributed by atoms with Crippen molar-refractivity contribution in [2.24, 2.45) is 0 Å². The second-order valence-corrected chi connectivity index (χ2v) is 7.60. The number of aryl methyl sites for hydroxylation is 5. The van der Waals surface area contributed by atoms with Gasteiger partial charge in [-0.1, -0.05) is 23.8 Å². The van der Waals surface area contributed by atoms with Crippen LogP contribution in [0.15, 0.2) is 48.5 Å². The SMILES string of the molecule is Cc1ccc(-n2nc(C)c3c(C(=O)Nc4ccc(C)c(C)c4)cc(C)nc32)cc1. The first-order valence-corrected chi connectivity index (χ1v) is 9.66. The Morgan fingerprint density at radius 2 is 1.62 bits per heavy atom. The molecule has 146 valence electrons. The van der Waals surface area contributed by atoms with Crippen LogP contribution in [0.3, 0.4) is 0 Å². The summed E-state index contributed by atoms with van der Waals surface area (Å²) in [7, 11) is 0. The van der Waals surface area contributed by atoms with Gasteiger partial charge in [0.15, 0.2) is 5.65 Å².